The number of guanidine groups is 1. The SMILES string of the molecule is CCOC(=O)NC(=N[C@@H](CC1CCCCC1)C(=O)NC1(C#N)CCN(C)CC1)N1CCO[C@@H](COC)C1. The van der Waals surface area contributed by atoms with Gasteiger partial charge in [0.05, 0.1) is 32.0 Å². The van der Waals surface area contributed by atoms with E-state index in [1.165, 1.54) is 6.42 Å². The number of likely N-dealkylation sites (tertiary alicyclic amines) is 1. The molecule has 2 aliphatic heterocycles. The van der Waals surface area contributed by atoms with Gasteiger partial charge < -0.3 is 29.3 Å². The molecule has 2 amide bonds. The molecule has 0 aromatic carbocycles. The molecule has 3 fully saturated rings. The maximum Gasteiger partial charge on any atom is 0.413 e. The van der Waals surface area contributed by atoms with Crippen molar-refractivity contribution in [3.05, 3.63) is 0 Å². The molecule has 0 bridgehead atoms. The fourth-order valence-electron chi connectivity index (χ4n) is 5.34. The number of amides is 2. The number of nitrogens with one attached hydrogen (secondary N) is 2. The van der Waals surface area contributed by atoms with Gasteiger partial charge in [0, 0.05) is 33.3 Å². The molecule has 11 heteroatoms. The van der Waals surface area contributed by atoms with Crippen molar-refractivity contribution in [2.75, 3.05) is 60.2 Å². The van der Waals surface area contributed by atoms with Crippen molar-refractivity contribution in [2.45, 2.75) is 76.0 Å². The van der Waals surface area contributed by atoms with Crippen molar-refractivity contribution in [2.24, 2.45) is 10.9 Å². The van der Waals surface area contributed by atoms with E-state index in [1.54, 1.807) is 14.0 Å². The lowest BCUT2D eigenvalue weighted by Gasteiger charge is -2.37. The molecular formula is C26H44N6O5. The third-order valence-corrected chi connectivity index (χ3v) is 7.56. The summed E-state index contributed by atoms with van der Waals surface area (Å²) in [6, 6.07) is 1.65. The van der Waals surface area contributed by atoms with Crippen LogP contribution in [0.4, 0.5) is 4.79 Å². The topological polar surface area (TPSA) is 129 Å². The van der Waals surface area contributed by atoms with Crippen LogP contribution in [0.5, 0.6) is 0 Å². The van der Waals surface area contributed by atoms with Gasteiger partial charge in [0.2, 0.25) is 11.9 Å². The van der Waals surface area contributed by atoms with Crippen LogP contribution in [0.3, 0.4) is 0 Å². The van der Waals surface area contributed by atoms with Gasteiger partial charge in [0.15, 0.2) is 0 Å². The molecule has 2 N–H and O–H groups in total. The summed E-state index contributed by atoms with van der Waals surface area (Å²) in [6.45, 7) is 5.28. The Morgan fingerprint density at radius 3 is 2.59 bits per heavy atom. The highest BCUT2D eigenvalue weighted by molar-refractivity contribution is 5.96. The fourth-order valence-corrected chi connectivity index (χ4v) is 5.34. The van der Waals surface area contributed by atoms with Gasteiger partial charge in [-0.1, -0.05) is 32.1 Å². The van der Waals surface area contributed by atoms with Crippen molar-refractivity contribution in [1.29, 1.82) is 5.26 Å². The third-order valence-electron chi connectivity index (χ3n) is 7.56. The van der Waals surface area contributed by atoms with Crippen molar-refractivity contribution in [1.82, 2.24) is 20.4 Å². The molecule has 1 saturated carbocycles. The number of nitriles is 1. The van der Waals surface area contributed by atoms with E-state index in [2.05, 4.69) is 21.6 Å². The number of ether oxygens (including phenoxy) is 3. The summed E-state index contributed by atoms with van der Waals surface area (Å²) in [4.78, 5) is 35.1. The third kappa shape index (κ3) is 8.83. The number of alkyl carbamates (subject to hydrolysis) is 1. The number of carbonyl (C=O) groups is 2. The molecule has 11 nitrogen and oxygen atoms in total. The molecule has 0 radical (unpaired) electrons. The van der Waals surface area contributed by atoms with E-state index in [-0.39, 0.29) is 18.6 Å². The van der Waals surface area contributed by atoms with Crippen LogP contribution in [-0.2, 0) is 19.0 Å². The van der Waals surface area contributed by atoms with Crippen molar-refractivity contribution < 1.29 is 23.8 Å². The maximum atomic E-state index is 13.7. The first-order valence-corrected chi connectivity index (χ1v) is 13.7. The van der Waals surface area contributed by atoms with Gasteiger partial charge in [-0.15, -0.1) is 0 Å². The van der Waals surface area contributed by atoms with Crippen LogP contribution in [0.25, 0.3) is 0 Å². The first-order valence-electron chi connectivity index (χ1n) is 13.7. The van der Waals surface area contributed by atoms with E-state index in [4.69, 9.17) is 19.2 Å². The molecule has 0 aromatic heterocycles. The van der Waals surface area contributed by atoms with E-state index in [1.807, 2.05) is 11.9 Å². The number of methoxy groups -OCH3 is 1. The molecule has 2 atom stereocenters. The molecule has 3 rings (SSSR count). The van der Waals surface area contributed by atoms with Gasteiger partial charge in [0.25, 0.3) is 0 Å². The molecule has 2 saturated heterocycles. The summed E-state index contributed by atoms with van der Waals surface area (Å²) in [5.41, 5.74) is -0.902. The molecule has 0 aromatic rings. The van der Waals surface area contributed by atoms with Crippen LogP contribution >= 0.6 is 0 Å². The molecule has 208 valence electrons. The lowest BCUT2D eigenvalue weighted by molar-refractivity contribution is -0.124. The van der Waals surface area contributed by atoms with Gasteiger partial charge in [-0.2, -0.15) is 5.26 Å². The van der Waals surface area contributed by atoms with Gasteiger partial charge >= 0.3 is 6.09 Å². The highest BCUT2D eigenvalue weighted by Gasteiger charge is 2.38. The van der Waals surface area contributed by atoms with Crippen molar-refractivity contribution in [3.8, 4) is 6.07 Å². The smallest absolute Gasteiger partial charge is 0.413 e. The largest absolute Gasteiger partial charge is 0.450 e. The zero-order valence-electron chi connectivity index (χ0n) is 22.7. The quantitative estimate of drug-likeness (QED) is 0.367. The highest BCUT2D eigenvalue weighted by atomic mass is 16.5. The number of hydrogen-bond acceptors (Lipinski definition) is 8. The Bertz CT molecular complexity index is 815. The van der Waals surface area contributed by atoms with Gasteiger partial charge in [-0.25, -0.2) is 9.79 Å². The molecule has 0 unspecified atom stereocenters. The number of aliphatic imine (C=N–C) groups is 1. The average Bonchev–Trinajstić information content (AvgIpc) is 2.90. The Hall–Kier alpha value is -2.42. The van der Waals surface area contributed by atoms with E-state index in [0.29, 0.717) is 57.4 Å². The zero-order valence-corrected chi connectivity index (χ0v) is 22.7. The summed E-state index contributed by atoms with van der Waals surface area (Å²) in [7, 11) is 3.64. The summed E-state index contributed by atoms with van der Waals surface area (Å²) in [6.07, 6.45) is 6.54. The zero-order chi connectivity index (χ0) is 26.7. The van der Waals surface area contributed by atoms with E-state index >= 15 is 0 Å². The standard InChI is InChI=1S/C26H44N6O5/c1-4-36-25(34)29-24(32-14-15-37-21(17-32)18-35-3)28-22(16-20-8-6-5-7-9-20)23(33)30-26(19-27)10-12-31(2)13-11-26/h20-22H,4-18H2,1-3H3,(H,30,33)(H,28,29,34)/t21-,22+/m1/s1. The van der Waals surface area contributed by atoms with Gasteiger partial charge in [-0.3, -0.25) is 10.1 Å². The summed E-state index contributed by atoms with van der Waals surface area (Å²) >= 11 is 0. The van der Waals surface area contributed by atoms with E-state index < -0.39 is 17.7 Å². The predicted molar refractivity (Wildman–Crippen MR) is 139 cm³/mol. The predicted octanol–water partition coefficient (Wildman–Crippen LogP) is 1.88. The second-order valence-electron chi connectivity index (χ2n) is 10.4. The minimum absolute atomic E-state index is 0.181. The van der Waals surface area contributed by atoms with Crippen LogP contribution in [0.2, 0.25) is 0 Å². The van der Waals surface area contributed by atoms with Crippen LogP contribution in [0, 0.1) is 17.2 Å². The summed E-state index contributed by atoms with van der Waals surface area (Å²) in [5.74, 6) is 0.410. The van der Waals surface area contributed by atoms with E-state index in [0.717, 1.165) is 38.8 Å². The van der Waals surface area contributed by atoms with Crippen LogP contribution in [-0.4, -0.2) is 106 Å². The number of nitrogens with zero attached hydrogens (tertiary/aromatic N) is 4. The number of piperidine rings is 1. The van der Waals surface area contributed by atoms with Crippen molar-refractivity contribution >= 4 is 18.0 Å². The molecule has 3 aliphatic rings. The minimum atomic E-state index is -0.902. The Kier molecular flexibility index (Phi) is 11.4. The summed E-state index contributed by atoms with van der Waals surface area (Å²) in [5, 5.41) is 15.8. The Morgan fingerprint density at radius 2 is 1.95 bits per heavy atom. The maximum absolute atomic E-state index is 13.7. The normalized spacial score (nSPS) is 24.1. The molecule has 2 heterocycles. The van der Waals surface area contributed by atoms with Crippen LogP contribution < -0.4 is 10.6 Å². The van der Waals surface area contributed by atoms with Gasteiger partial charge in [0.1, 0.15) is 11.6 Å². The van der Waals surface area contributed by atoms with Crippen LogP contribution in [0.15, 0.2) is 4.99 Å². The molecular weight excluding hydrogens is 476 g/mol. The number of hydrogen-bond donors (Lipinski definition) is 2. The lowest BCUT2D eigenvalue weighted by atomic mass is 9.84. The summed E-state index contributed by atoms with van der Waals surface area (Å²) < 4.78 is 16.2. The lowest BCUT2D eigenvalue weighted by Crippen LogP contribution is -2.57. The Labute approximate surface area is 220 Å². The highest BCUT2D eigenvalue weighted by Crippen LogP contribution is 2.29. The average molecular weight is 521 g/mol. The monoisotopic (exact) mass is 520 g/mol. The second kappa shape index (κ2) is 14.5. The molecule has 1 aliphatic carbocycles. The number of morpholine rings is 1. The molecule has 0 spiro atoms. The Balaban J connectivity index is 1.87. The first-order chi connectivity index (χ1) is 17.9. The van der Waals surface area contributed by atoms with Crippen LogP contribution in [0.1, 0.15) is 58.3 Å². The Morgan fingerprint density at radius 1 is 1.22 bits per heavy atom. The van der Waals surface area contributed by atoms with Crippen molar-refractivity contribution in [3.63, 3.8) is 0 Å². The number of carbonyl (C=O) groups excluding carboxylic acids is 2. The van der Waals surface area contributed by atoms with Gasteiger partial charge in [-0.05, 0) is 39.2 Å². The van der Waals surface area contributed by atoms with E-state index in [9.17, 15) is 14.9 Å². The fraction of sp³-hybridized carbons (Fsp3) is 0.846. The number of rotatable bonds is 8. The second-order valence-corrected chi connectivity index (χ2v) is 10.4. The first kappa shape index (κ1) is 29.1. The minimum Gasteiger partial charge on any atom is -0.450 e. The molecule has 37 heavy (non-hydrogen) atoms.